The minimum atomic E-state index is -0.141. The summed E-state index contributed by atoms with van der Waals surface area (Å²) in [5, 5.41) is 15.5. The molecule has 2 amide bonds. The van der Waals surface area contributed by atoms with Gasteiger partial charge in [-0.1, -0.05) is 13.8 Å². The van der Waals surface area contributed by atoms with E-state index in [0.717, 1.165) is 25.0 Å². The molecule has 0 spiro atoms. The van der Waals surface area contributed by atoms with Gasteiger partial charge in [0.25, 0.3) is 0 Å². The number of nitrogens with one attached hydrogen (secondary N) is 2. The molecule has 0 unspecified atom stereocenters. The van der Waals surface area contributed by atoms with Gasteiger partial charge in [0.15, 0.2) is 0 Å². The van der Waals surface area contributed by atoms with Crippen LogP contribution in [0, 0.1) is 0 Å². The van der Waals surface area contributed by atoms with E-state index in [-0.39, 0.29) is 18.7 Å². The molecule has 1 fully saturated rings. The maximum atomic E-state index is 11.7. The third kappa shape index (κ3) is 5.17. The lowest BCUT2D eigenvalue weighted by molar-refractivity contribution is 0.212. The molecule has 0 radical (unpaired) electrons. The second kappa shape index (κ2) is 7.82. The molecule has 0 saturated heterocycles. The summed E-state index contributed by atoms with van der Waals surface area (Å²) >= 11 is 1.98. The molecule has 3 N–H and O–H groups in total. The van der Waals surface area contributed by atoms with Crippen LogP contribution >= 0.6 is 11.8 Å². The van der Waals surface area contributed by atoms with Crippen molar-refractivity contribution in [2.75, 3.05) is 12.4 Å². The van der Waals surface area contributed by atoms with Crippen molar-refractivity contribution in [3.05, 3.63) is 0 Å². The molecule has 1 rings (SSSR count). The topological polar surface area (TPSA) is 61.4 Å². The van der Waals surface area contributed by atoms with Crippen molar-refractivity contribution >= 4 is 17.8 Å². The van der Waals surface area contributed by atoms with Gasteiger partial charge < -0.3 is 15.7 Å². The fraction of sp³-hybridized carbons (Fsp3) is 0.917. The van der Waals surface area contributed by atoms with E-state index in [9.17, 15) is 4.79 Å². The van der Waals surface area contributed by atoms with Crippen molar-refractivity contribution in [2.24, 2.45) is 0 Å². The molecule has 0 aromatic rings. The average Bonchev–Trinajstić information content (AvgIpc) is 2.74. The second-order valence-corrected chi connectivity index (χ2v) is 6.07. The number of thioether (sulfide) groups is 1. The molecular formula is C12H24N2O2S. The molecule has 0 bridgehead atoms. The summed E-state index contributed by atoms with van der Waals surface area (Å²) in [5.74, 6) is 1.14. The number of aliphatic hydroxyl groups excluding tert-OH is 1. The van der Waals surface area contributed by atoms with E-state index in [1.165, 1.54) is 6.42 Å². The van der Waals surface area contributed by atoms with E-state index in [1.54, 1.807) is 0 Å². The lowest BCUT2D eigenvalue weighted by Gasteiger charge is -2.18. The van der Waals surface area contributed by atoms with E-state index >= 15 is 0 Å². The zero-order chi connectivity index (χ0) is 12.7. The molecule has 17 heavy (non-hydrogen) atoms. The molecule has 0 aromatic heterocycles. The van der Waals surface area contributed by atoms with Gasteiger partial charge in [-0.15, -0.1) is 0 Å². The molecule has 0 heterocycles. The first-order chi connectivity index (χ1) is 8.19. The number of hydrogen-bond donors (Lipinski definition) is 3. The first-order valence-electron chi connectivity index (χ1n) is 6.49. The van der Waals surface area contributed by atoms with Crippen LogP contribution < -0.4 is 10.6 Å². The number of amides is 2. The highest BCUT2D eigenvalue weighted by Gasteiger charge is 2.25. The van der Waals surface area contributed by atoms with Crippen molar-refractivity contribution in [1.82, 2.24) is 10.6 Å². The predicted molar refractivity (Wildman–Crippen MR) is 72.4 cm³/mol. The number of hydrogen-bond acceptors (Lipinski definition) is 3. The fourth-order valence-electron chi connectivity index (χ4n) is 2.15. The van der Waals surface area contributed by atoms with Crippen LogP contribution in [-0.2, 0) is 0 Å². The SMILES string of the molecule is CCS[C@@H]1CC[C@@H](NC(=O)N[C@H](CC)CO)C1. The summed E-state index contributed by atoms with van der Waals surface area (Å²) in [6.45, 7) is 4.12. The van der Waals surface area contributed by atoms with Crippen LogP contribution in [0.5, 0.6) is 0 Å². The summed E-state index contributed by atoms with van der Waals surface area (Å²) in [6, 6.07) is 0.0329. The summed E-state index contributed by atoms with van der Waals surface area (Å²) in [5.41, 5.74) is 0. The molecule has 1 aliphatic rings. The lowest BCUT2D eigenvalue weighted by Crippen LogP contribution is -2.46. The molecule has 5 heteroatoms. The van der Waals surface area contributed by atoms with Gasteiger partial charge in [-0.2, -0.15) is 11.8 Å². The number of carbonyl (C=O) groups excluding carboxylic acids is 1. The van der Waals surface area contributed by atoms with E-state index in [4.69, 9.17) is 5.11 Å². The quantitative estimate of drug-likeness (QED) is 0.681. The maximum absolute atomic E-state index is 11.7. The van der Waals surface area contributed by atoms with Crippen LogP contribution in [0.1, 0.15) is 39.5 Å². The molecule has 0 aliphatic heterocycles. The van der Waals surface area contributed by atoms with Crippen LogP contribution in [0.25, 0.3) is 0 Å². The Labute approximate surface area is 108 Å². The summed E-state index contributed by atoms with van der Waals surface area (Å²) in [7, 11) is 0. The zero-order valence-corrected chi connectivity index (χ0v) is 11.6. The van der Waals surface area contributed by atoms with Crippen molar-refractivity contribution in [3.63, 3.8) is 0 Å². The summed E-state index contributed by atoms with van der Waals surface area (Å²) in [4.78, 5) is 11.7. The maximum Gasteiger partial charge on any atom is 0.315 e. The Hall–Kier alpha value is -0.420. The smallest absolute Gasteiger partial charge is 0.315 e. The van der Waals surface area contributed by atoms with Gasteiger partial charge in [-0.3, -0.25) is 0 Å². The normalized spacial score (nSPS) is 25.6. The Balaban J connectivity index is 2.23. The van der Waals surface area contributed by atoms with Crippen LogP contribution in [-0.4, -0.2) is 40.8 Å². The molecule has 1 saturated carbocycles. The monoisotopic (exact) mass is 260 g/mol. The van der Waals surface area contributed by atoms with E-state index in [2.05, 4.69) is 17.6 Å². The molecule has 4 nitrogen and oxygen atoms in total. The average molecular weight is 260 g/mol. The highest BCUT2D eigenvalue weighted by Crippen LogP contribution is 2.29. The number of aliphatic hydroxyl groups is 1. The lowest BCUT2D eigenvalue weighted by atomic mass is 10.2. The number of rotatable bonds is 6. The zero-order valence-electron chi connectivity index (χ0n) is 10.7. The van der Waals surface area contributed by atoms with Gasteiger partial charge in [-0.05, 0) is 31.4 Å². The van der Waals surface area contributed by atoms with Crippen molar-refractivity contribution < 1.29 is 9.90 Å². The van der Waals surface area contributed by atoms with E-state index in [0.29, 0.717) is 11.3 Å². The Morgan fingerprint density at radius 2 is 2.24 bits per heavy atom. The van der Waals surface area contributed by atoms with Crippen LogP contribution in [0.3, 0.4) is 0 Å². The van der Waals surface area contributed by atoms with Gasteiger partial charge in [0, 0.05) is 11.3 Å². The minimum Gasteiger partial charge on any atom is -0.394 e. The molecular weight excluding hydrogens is 236 g/mol. The van der Waals surface area contributed by atoms with Crippen LogP contribution in [0.4, 0.5) is 4.79 Å². The van der Waals surface area contributed by atoms with Gasteiger partial charge in [0.2, 0.25) is 0 Å². The molecule has 3 atom stereocenters. The number of carbonyl (C=O) groups is 1. The highest BCUT2D eigenvalue weighted by atomic mass is 32.2. The highest BCUT2D eigenvalue weighted by molar-refractivity contribution is 7.99. The van der Waals surface area contributed by atoms with Gasteiger partial charge in [0.05, 0.1) is 12.6 Å². The summed E-state index contributed by atoms with van der Waals surface area (Å²) in [6.07, 6.45) is 4.09. The number of urea groups is 1. The Kier molecular flexibility index (Phi) is 6.73. The van der Waals surface area contributed by atoms with Crippen LogP contribution in [0.15, 0.2) is 0 Å². The fourth-order valence-corrected chi connectivity index (χ4v) is 3.29. The van der Waals surface area contributed by atoms with Crippen LogP contribution in [0.2, 0.25) is 0 Å². The summed E-state index contributed by atoms with van der Waals surface area (Å²) < 4.78 is 0. The van der Waals surface area contributed by atoms with Gasteiger partial charge in [0.1, 0.15) is 0 Å². The van der Waals surface area contributed by atoms with E-state index < -0.39 is 0 Å². The third-order valence-electron chi connectivity index (χ3n) is 3.17. The van der Waals surface area contributed by atoms with E-state index in [1.807, 2.05) is 18.7 Å². The van der Waals surface area contributed by atoms with Crippen molar-refractivity contribution in [1.29, 1.82) is 0 Å². The first kappa shape index (κ1) is 14.6. The second-order valence-electron chi connectivity index (χ2n) is 4.49. The molecule has 0 aromatic carbocycles. The predicted octanol–water partition coefficient (Wildman–Crippen LogP) is 1.73. The van der Waals surface area contributed by atoms with Crippen molar-refractivity contribution in [3.8, 4) is 0 Å². The molecule has 1 aliphatic carbocycles. The standard InChI is InChI=1S/C12H24N2O2S/c1-3-9(8-15)13-12(16)14-10-5-6-11(7-10)17-4-2/h9-11,15H,3-8H2,1-2H3,(H2,13,14,16)/t9-,10-,11-/m1/s1. The minimum absolute atomic E-state index is 0.00288. The van der Waals surface area contributed by atoms with Crippen molar-refractivity contribution in [2.45, 2.75) is 56.9 Å². The first-order valence-corrected chi connectivity index (χ1v) is 7.53. The van der Waals surface area contributed by atoms with Gasteiger partial charge in [-0.25, -0.2) is 4.79 Å². The molecule has 100 valence electrons. The Morgan fingerprint density at radius 1 is 1.47 bits per heavy atom. The largest absolute Gasteiger partial charge is 0.394 e. The van der Waals surface area contributed by atoms with Gasteiger partial charge >= 0.3 is 6.03 Å². The Bertz CT molecular complexity index is 235. The Morgan fingerprint density at radius 3 is 2.82 bits per heavy atom. The third-order valence-corrected chi connectivity index (χ3v) is 4.40.